The lowest BCUT2D eigenvalue weighted by Crippen LogP contribution is -2.60. The van der Waals surface area contributed by atoms with Crippen LogP contribution in [-0.4, -0.2) is 39.0 Å². The molecule has 0 saturated carbocycles. The molecule has 0 radical (unpaired) electrons. The van der Waals surface area contributed by atoms with Crippen molar-refractivity contribution >= 4 is 28.3 Å². The first-order valence-corrected chi connectivity index (χ1v) is 5.40. The van der Waals surface area contributed by atoms with E-state index in [0.29, 0.717) is 18.2 Å². The fourth-order valence-corrected chi connectivity index (χ4v) is 2.20. The molecule has 0 unspecified atom stereocenters. The molecule has 2 N–H and O–H groups in total. The van der Waals surface area contributed by atoms with Gasteiger partial charge in [0.05, 0.1) is 16.5 Å². The molecular weight excluding hydrogens is 228 g/mol. The van der Waals surface area contributed by atoms with Crippen LogP contribution in [-0.2, 0) is 0 Å². The van der Waals surface area contributed by atoms with Crippen molar-refractivity contribution in [1.29, 1.82) is 0 Å². The molecular formula is C10H11ClN4O. The maximum Gasteiger partial charge on any atom is 0.160 e. The van der Waals surface area contributed by atoms with E-state index >= 15 is 0 Å². The van der Waals surface area contributed by atoms with Gasteiger partial charge in [0.1, 0.15) is 5.15 Å². The predicted molar refractivity (Wildman–Crippen MR) is 61.7 cm³/mol. The fourth-order valence-electron chi connectivity index (χ4n) is 2.04. The van der Waals surface area contributed by atoms with Crippen molar-refractivity contribution in [1.82, 2.24) is 15.2 Å². The Bertz CT molecular complexity index is 543. The lowest BCUT2D eigenvalue weighted by molar-refractivity contribution is 0.0307. The number of nitrogens with zero attached hydrogens (tertiary/aromatic N) is 3. The highest BCUT2D eigenvalue weighted by Crippen LogP contribution is 2.31. The van der Waals surface area contributed by atoms with E-state index in [1.54, 1.807) is 12.3 Å². The summed E-state index contributed by atoms with van der Waals surface area (Å²) >= 11 is 5.79. The number of hydrogen-bond acceptors (Lipinski definition) is 4. The lowest BCUT2D eigenvalue weighted by Gasteiger charge is -2.44. The highest BCUT2D eigenvalue weighted by atomic mass is 35.5. The largest absolute Gasteiger partial charge is 0.386 e. The first-order valence-electron chi connectivity index (χ1n) is 5.02. The van der Waals surface area contributed by atoms with Gasteiger partial charge in [0, 0.05) is 25.4 Å². The molecule has 1 aliphatic rings. The van der Waals surface area contributed by atoms with Crippen LogP contribution in [0, 0.1) is 0 Å². The number of β-amino-alcohol motifs (C(OH)–C–C–N with tert-alkyl or cyclic N) is 1. The predicted octanol–water partition coefficient (Wildman–Crippen LogP) is 1.18. The van der Waals surface area contributed by atoms with Crippen LogP contribution in [0.5, 0.6) is 0 Å². The molecule has 1 aliphatic heterocycles. The Hall–Kier alpha value is -1.33. The second-order valence-electron chi connectivity index (χ2n) is 4.45. The molecule has 16 heavy (non-hydrogen) atoms. The Labute approximate surface area is 97.0 Å². The van der Waals surface area contributed by atoms with Crippen molar-refractivity contribution in [2.24, 2.45) is 0 Å². The normalized spacial score (nSPS) is 18.8. The highest BCUT2D eigenvalue weighted by molar-refractivity contribution is 6.30. The first-order chi connectivity index (χ1) is 7.55. The summed E-state index contributed by atoms with van der Waals surface area (Å²) < 4.78 is 0. The van der Waals surface area contributed by atoms with Gasteiger partial charge in [0.2, 0.25) is 0 Å². The fraction of sp³-hybridized carbons (Fsp3) is 0.400. The number of aliphatic hydroxyl groups is 1. The van der Waals surface area contributed by atoms with Gasteiger partial charge in [-0.1, -0.05) is 11.6 Å². The summed E-state index contributed by atoms with van der Waals surface area (Å²) in [6.45, 7) is 3.00. The van der Waals surface area contributed by atoms with Crippen LogP contribution in [0.3, 0.4) is 0 Å². The van der Waals surface area contributed by atoms with Crippen LogP contribution >= 0.6 is 11.6 Å². The topological polar surface area (TPSA) is 65.0 Å². The molecule has 5 nitrogen and oxygen atoms in total. The number of rotatable bonds is 1. The van der Waals surface area contributed by atoms with Crippen LogP contribution in [0.1, 0.15) is 6.92 Å². The molecule has 1 saturated heterocycles. The van der Waals surface area contributed by atoms with Crippen LogP contribution in [0.25, 0.3) is 10.9 Å². The minimum Gasteiger partial charge on any atom is -0.386 e. The van der Waals surface area contributed by atoms with E-state index in [2.05, 4.69) is 15.2 Å². The van der Waals surface area contributed by atoms with Gasteiger partial charge in [-0.3, -0.25) is 5.10 Å². The summed E-state index contributed by atoms with van der Waals surface area (Å²) in [5.41, 5.74) is 0.257. The first kappa shape index (κ1) is 9.86. The molecule has 1 fully saturated rings. The molecule has 0 bridgehead atoms. The highest BCUT2D eigenvalue weighted by Gasteiger charge is 2.38. The van der Waals surface area contributed by atoms with Crippen molar-refractivity contribution in [3.05, 3.63) is 17.4 Å². The second-order valence-corrected chi connectivity index (χ2v) is 4.84. The average Bonchev–Trinajstić information content (AvgIpc) is 2.56. The Morgan fingerprint density at radius 3 is 3.00 bits per heavy atom. The Balaban J connectivity index is 2.00. The minimum absolute atomic E-state index is 0.443. The van der Waals surface area contributed by atoms with E-state index in [-0.39, 0.29) is 0 Å². The zero-order chi connectivity index (χ0) is 11.3. The number of aromatic nitrogens is 3. The Morgan fingerprint density at radius 2 is 2.31 bits per heavy atom. The lowest BCUT2D eigenvalue weighted by atomic mass is 9.97. The molecule has 3 rings (SSSR count). The quantitative estimate of drug-likeness (QED) is 0.733. The number of fused-ring (bicyclic) bond motifs is 1. The molecule has 0 atom stereocenters. The van der Waals surface area contributed by atoms with Crippen molar-refractivity contribution in [3.63, 3.8) is 0 Å². The molecule has 2 aromatic heterocycles. The smallest absolute Gasteiger partial charge is 0.160 e. The van der Waals surface area contributed by atoms with Gasteiger partial charge in [-0.15, -0.1) is 0 Å². The van der Waals surface area contributed by atoms with Gasteiger partial charge in [-0.25, -0.2) is 4.98 Å². The SMILES string of the molecule is CC1(O)CN(c2n[nH]c3cc(Cl)ncc23)C1. The number of nitrogens with one attached hydrogen (secondary N) is 1. The molecule has 0 spiro atoms. The summed E-state index contributed by atoms with van der Waals surface area (Å²) in [5, 5.41) is 18.2. The van der Waals surface area contributed by atoms with Crippen LogP contribution in [0.2, 0.25) is 5.15 Å². The molecule has 84 valence electrons. The Morgan fingerprint density at radius 1 is 1.56 bits per heavy atom. The maximum atomic E-state index is 9.68. The van der Waals surface area contributed by atoms with E-state index in [1.165, 1.54) is 0 Å². The Kier molecular flexibility index (Phi) is 1.90. The summed E-state index contributed by atoms with van der Waals surface area (Å²) in [7, 11) is 0. The van der Waals surface area contributed by atoms with Crippen molar-refractivity contribution < 1.29 is 5.11 Å². The third kappa shape index (κ3) is 1.44. The van der Waals surface area contributed by atoms with E-state index < -0.39 is 5.60 Å². The molecule has 6 heteroatoms. The summed E-state index contributed by atoms with van der Waals surface area (Å²) in [5.74, 6) is 0.825. The number of halogens is 1. The van der Waals surface area contributed by atoms with Gasteiger partial charge in [0.15, 0.2) is 5.82 Å². The standard InChI is InChI=1S/C10H11ClN4O/c1-10(16)4-15(5-10)9-6-3-12-8(11)2-7(6)13-14-9/h2-3,16H,4-5H2,1H3,(H,13,14). The van der Waals surface area contributed by atoms with Gasteiger partial charge in [0.25, 0.3) is 0 Å². The van der Waals surface area contributed by atoms with Crippen LogP contribution in [0.4, 0.5) is 5.82 Å². The number of aromatic amines is 1. The molecule has 0 aromatic carbocycles. The second kappa shape index (κ2) is 3.09. The monoisotopic (exact) mass is 238 g/mol. The zero-order valence-corrected chi connectivity index (χ0v) is 9.49. The third-order valence-electron chi connectivity index (χ3n) is 2.76. The minimum atomic E-state index is -0.606. The molecule has 0 aliphatic carbocycles. The van der Waals surface area contributed by atoms with E-state index in [9.17, 15) is 5.11 Å². The number of H-pyrrole nitrogens is 1. The molecule has 2 aromatic rings. The zero-order valence-electron chi connectivity index (χ0n) is 8.74. The number of anilines is 1. The summed E-state index contributed by atoms with van der Waals surface area (Å²) in [6.07, 6.45) is 1.70. The van der Waals surface area contributed by atoms with Crippen molar-refractivity contribution in [3.8, 4) is 0 Å². The number of hydrogen-bond donors (Lipinski definition) is 2. The average molecular weight is 239 g/mol. The van der Waals surface area contributed by atoms with Crippen molar-refractivity contribution in [2.45, 2.75) is 12.5 Å². The van der Waals surface area contributed by atoms with Gasteiger partial charge in [-0.2, -0.15) is 5.10 Å². The van der Waals surface area contributed by atoms with E-state index in [4.69, 9.17) is 11.6 Å². The summed E-state index contributed by atoms with van der Waals surface area (Å²) in [6, 6.07) is 1.74. The van der Waals surface area contributed by atoms with E-state index in [1.807, 2.05) is 11.8 Å². The van der Waals surface area contributed by atoms with Crippen LogP contribution < -0.4 is 4.90 Å². The molecule has 0 amide bonds. The van der Waals surface area contributed by atoms with Gasteiger partial charge in [-0.05, 0) is 6.92 Å². The third-order valence-corrected chi connectivity index (χ3v) is 2.96. The van der Waals surface area contributed by atoms with Crippen LogP contribution in [0.15, 0.2) is 12.3 Å². The van der Waals surface area contributed by atoms with Gasteiger partial charge < -0.3 is 10.0 Å². The number of pyridine rings is 1. The van der Waals surface area contributed by atoms with Crippen molar-refractivity contribution in [2.75, 3.05) is 18.0 Å². The molecule has 3 heterocycles. The maximum absolute atomic E-state index is 9.68. The van der Waals surface area contributed by atoms with Gasteiger partial charge >= 0.3 is 0 Å². The summed E-state index contributed by atoms with van der Waals surface area (Å²) in [4.78, 5) is 6.04. The van der Waals surface area contributed by atoms with E-state index in [0.717, 1.165) is 16.7 Å².